The predicted octanol–water partition coefficient (Wildman–Crippen LogP) is 3.75. The molecule has 1 aliphatic carbocycles. The Hall–Kier alpha value is -0.550. The maximum atomic E-state index is 11.0. The van der Waals surface area contributed by atoms with Crippen LogP contribution in [0.25, 0.3) is 0 Å². The van der Waals surface area contributed by atoms with Gasteiger partial charge in [0.05, 0.1) is 17.6 Å². The zero-order valence-electron chi connectivity index (χ0n) is 11.7. The highest BCUT2D eigenvalue weighted by Gasteiger charge is 2.47. The third-order valence-corrected chi connectivity index (χ3v) is 4.43. The van der Waals surface area contributed by atoms with Gasteiger partial charge in [-0.25, -0.2) is 0 Å². The van der Waals surface area contributed by atoms with Gasteiger partial charge in [0, 0.05) is 0 Å². The second-order valence-corrected chi connectivity index (χ2v) is 6.20. The normalized spacial score (nSPS) is 35.6. The van der Waals surface area contributed by atoms with Crippen LogP contribution in [0.3, 0.4) is 0 Å². The highest BCUT2D eigenvalue weighted by atomic mass is 16.3. The summed E-state index contributed by atoms with van der Waals surface area (Å²) in [5.41, 5.74) is -0.753. The van der Waals surface area contributed by atoms with Gasteiger partial charge in [-0.05, 0) is 37.0 Å². The molecule has 0 bridgehead atoms. The van der Waals surface area contributed by atoms with Crippen LogP contribution < -0.4 is 0 Å². The quantitative estimate of drug-likeness (QED) is 0.809. The van der Waals surface area contributed by atoms with Crippen LogP contribution in [0.15, 0.2) is 0 Å². The first-order valence-corrected chi connectivity index (χ1v) is 7.07. The summed E-state index contributed by atoms with van der Waals surface area (Å²) in [6.45, 7) is 8.63. The van der Waals surface area contributed by atoms with Crippen molar-refractivity contribution in [3.63, 3.8) is 0 Å². The van der Waals surface area contributed by atoms with E-state index in [9.17, 15) is 10.4 Å². The van der Waals surface area contributed by atoms with E-state index in [2.05, 4.69) is 33.8 Å². The van der Waals surface area contributed by atoms with Gasteiger partial charge in [0.2, 0.25) is 0 Å². The lowest BCUT2D eigenvalue weighted by Gasteiger charge is -2.47. The fourth-order valence-corrected chi connectivity index (χ4v) is 3.55. The number of nitrogens with zero attached hydrogens (tertiary/aromatic N) is 1. The number of rotatable bonds is 4. The van der Waals surface area contributed by atoms with Crippen LogP contribution in [0.2, 0.25) is 0 Å². The average Bonchev–Trinajstić information content (AvgIpc) is 2.24. The van der Waals surface area contributed by atoms with E-state index in [4.69, 9.17) is 0 Å². The molecule has 0 aromatic rings. The number of nitriles is 1. The molecular formula is C15H27NO. The maximum Gasteiger partial charge on any atom is 0.0838 e. The van der Waals surface area contributed by atoms with Crippen LogP contribution in [-0.2, 0) is 0 Å². The van der Waals surface area contributed by atoms with E-state index in [1.54, 1.807) is 0 Å². The first-order chi connectivity index (χ1) is 7.95. The zero-order valence-corrected chi connectivity index (χ0v) is 11.7. The Kier molecular flexibility index (Phi) is 5.01. The molecule has 1 aliphatic rings. The molecule has 0 spiro atoms. The molecule has 1 rings (SSSR count). The largest absolute Gasteiger partial charge is 0.388 e. The Balaban J connectivity index is 2.95. The fourth-order valence-electron chi connectivity index (χ4n) is 3.55. The summed E-state index contributed by atoms with van der Waals surface area (Å²) < 4.78 is 0. The lowest BCUT2D eigenvalue weighted by atomic mass is 9.61. The van der Waals surface area contributed by atoms with Crippen LogP contribution in [0.5, 0.6) is 0 Å². The Morgan fingerprint density at radius 2 is 2.06 bits per heavy atom. The zero-order chi connectivity index (χ0) is 13.1. The SMILES string of the molecule is CCCC(C#N)C1(O)CC(C)CCC1C(C)C. The van der Waals surface area contributed by atoms with Crippen molar-refractivity contribution in [1.82, 2.24) is 0 Å². The average molecular weight is 237 g/mol. The molecule has 0 aromatic heterocycles. The number of hydrogen-bond acceptors (Lipinski definition) is 2. The summed E-state index contributed by atoms with van der Waals surface area (Å²) in [6, 6.07) is 2.37. The van der Waals surface area contributed by atoms with Gasteiger partial charge in [-0.3, -0.25) is 0 Å². The maximum absolute atomic E-state index is 11.0. The van der Waals surface area contributed by atoms with E-state index in [1.165, 1.54) is 6.42 Å². The smallest absolute Gasteiger partial charge is 0.0838 e. The number of aliphatic hydroxyl groups is 1. The van der Waals surface area contributed by atoms with E-state index >= 15 is 0 Å². The number of hydrogen-bond donors (Lipinski definition) is 1. The molecule has 4 atom stereocenters. The van der Waals surface area contributed by atoms with Crippen molar-refractivity contribution in [2.45, 2.75) is 65.4 Å². The summed E-state index contributed by atoms with van der Waals surface area (Å²) in [7, 11) is 0. The van der Waals surface area contributed by atoms with E-state index in [0.717, 1.165) is 25.7 Å². The first-order valence-electron chi connectivity index (χ1n) is 7.07. The van der Waals surface area contributed by atoms with Gasteiger partial charge in [0.15, 0.2) is 0 Å². The third-order valence-electron chi connectivity index (χ3n) is 4.43. The predicted molar refractivity (Wildman–Crippen MR) is 70.3 cm³/mol. The highest BCUT2D eigenvalue weighted by Crippen LogP contribution is 2.46. The second kappa shape index (κ2) is 5.87. The lowest BCUT2D eigenvalue weighted by molar-refractivity contribution is -0.109. The van der Waals surface area contributed by atoms with E-state index in [1.807, 2.05) is 0 Å². The molecule has 0 heterocycles. The summed E-state index contributed by atoms with van der Waals surface area (Å²) in [5.74, 6) is 1.10. The topological polar surface area (TPSA) is 44.0 Å². The van der Waals surface area contributed by atoms with Crippen molar-refractivity contribution in [2.75, 3.05) is 0 Å². The Morgan fingerprint density at radius 1 is 1.41 bits per heavy atom. The molecule has 1 saturated carbocycles. The molecule has 0 aromatic carbocycles. The minimum Gasteiger partial charge on any atom is -0.388 e. The van der Waals surface area contributed by atoms with Crippen LogP contribution in [-0.4, -0.2) is 10.7 Å². The molecule has 0 saturated heterocycles. The summed E-state index contributed by atoms with van der Waals surface area (Å²) in [5, 5.41) is 20.4. The first kappa shape index (κ1) is 14.5. The molecule has 1 fully saturated rings. The van der Waals surface area contributed by atoms with E-state index in [-0.39, 0.29) is 11.8 Å². The van der Waals surface area contributed by atoms with Crippen molar-refractivity contribution in [3.8, 4) is 6.07 Å². The van der Waals surface area contributed by atoms with Crippen LogP contribution in [0.1, 0.15) is 59.8 Å². The summed E-state index contributed by atoms with van der Waals surface area (Å²) in [4.78, 5) is 0. The van der Waals surface area contributed by atoms with Crippen LogP contribution in [0, 0.1) is 35.0 Å². The Morgan fingerprint density at radius 3 is 2.53 bits per heavy atom. The minimum absolute atomic E-state index is 0.192. The van der Waals surface area contributed by atoms with Crippen LogP contribution in [0.4, 0.5) is 0 Å². The van der Waals surface area contributed by atoms with Gasteiger partial charge in [-0.15, -0.1) is 0 Å². The van der Waals surface area contributed by atoms with Crippen molar-refractivity contribution >= 4 is 0 Å². The molecule has 98 valence electrons. The Bertz CT molecular complexity index is 281. The van der Waals surface area contributed by atoms with Crippen molar-refractivity contribution in [3.05, 3.63) is 0 Å². The van der Waals surface area contributed by atoms with Gasteiger partial charge in [-0.1, -0.05) is 40.5 Å². The minimum atomic E-state index is -0.753. The van der Waals surface area contributed by atoms with Crippen molar-refractivity contribution in [2.24, 2.45) is 23.7 Å². The molecule has 0 aliphatic heterocycles. The second-order valence-electron chi connectivity index (χ2n) is 6.20. The molecule has 0 amide bonds. The summed E-state index contributed by atoms with van der Waals surface area (Å²) in [6.07, 6.45) is 4.85. The summed E-state index contributed by atoms with van der Waals surface area (Å²) >= 11 is 0. The Labute approximate surface area is 106 Å². The monoisotopic (exact) mass is 237 g/mol. The molecule has 17 heavy (non-hydrogen) atoms. The lowest BCUT2D eigenvalue weighted by Crippen LogP contribution is -2.50. The molecule has 1 N–H and O–H groups in total. The molecular weight excluding hydrogens is 210 g/mol. The van der Waals surface area contributed by atoms with Gasteiger partial charge < -0.3 is 5.11 Å². The van der Waals surface area contributed by atoms with E-state index in [0.29, 0.717) is 11.8 Å². The molecule has 4 unspecified atom stereocenters. The van der Waals surface area contributed by atoms with E-state index < -0.39 is 5.60 Å². The highest BCUT2D eigenvalue weighted by molar-refractivity contribution is 5.05. The van der Waals surface area contributed by atoms with Gasteiger partial charge in [0.25, 0.3) is 0 Å². The molecule has 2 heteroatoms. The fraction of sp³-hybridized carbons (Fsp3) is 0.933. The third kappa shape index (κ3) is 3.01. The van der Waals surface area contributed by atoms with Gasteiger partial charge in [-0.2, -0.15) is 5.26 Å². The standard InChI is InChI=1S/C15H27NO/c1-5-6-13(10-16)15(17)9-12(4)7-8-14(15)11(2)3/h11-14,17H,5-9H2,1-4H3. The van der Waals surface area contributed by atoms with Crippen LogP contribution >= 0.6 is 0 Å². The molecule has 2 nitrogen and oxygen atoms in total. The van der Waals surface area contributed by atoms with Crippen molar-refractivity contribution in [1.29, 1.82) is 5.26 Å². The van der Waals surface area contributed by atoms with Crippen molar-refractivity contribution < 1.29 is 5.11 Å². The van der Waals surface area contributed by atoms with Gasteiger partial charge >= 0.3 is 0 Å². The van der Waals surface area contributed by atoms with Gasteiger partial charge in [0.1, 0.15) is 0 Å². The molecule has 0 radical (unpaired) electrons.